The number of hydrogen-bond acceptors (Lipinski definition) is 2. The number of para-hydroxylation sites is 1. The van der Waals surface area contributed by atoms with E-state index in [1.165, 1.54) is 0 Å². The molecule has 23 heavy (non-hydrogen) atoms. The molecule has 1 heterocycles. The highest BCUT2D eigenvalue weighted by Crippen LogP contribution is 2.26. The molecule has 1 aromatic heterocycles. The lowest BCUT2D eigenvalue weighted by Gasteiger charge is -2.09. The molecule has 0 saturated carbocycles. The lowest BCUT2D eigenvalue weighted by Crippen LogP contribution is -2.06. The molecule has 2 nitrogen and oxygen atoms in total. The standard InChI is InChI=1S/C21H15NO/c23-21(15-8-2-1-3-9-15)14-20-18-12-5-4-10-16(18)17-11-6-7-13-19(17)22-20/h1-13H,14H2. The van der Waals surface area contributed by atoms with Crippen LogP contribution in [0.4, 0.5) is 0 Å². The molecule has 4 aromatic rings. The molecular formula is C21H15NO. The van der Waals surface area contributed by atoms with Crippen molar-refractivity contribution in [1.29, 1.82) is 0 Å². The average Bonchev–Trinajstić information content (AvgIpc) is 2.62. The third-order valence-electron chi connectivity index (χ3n) is 4.11. The Morgan fingerprint density at radius 1 is 0.696 bits per heavy atom. The van der Waals surface area contributed by atoms with Crippen LogP contribution in [0.5, 0.6) is 0 Å². The van der Waals surface area contributed by atoms with E-state index >= 15 is 0 Å². The van der Waals surface area contributed by atoms with Crippen molar-refractivity contribution in [3.63, 3.8) is 0 Å². The number of benzene rings is 3. The summed E-state index contributed by atoms with van der Waals surface area (Å²) in [7, 11) is 0. The molecule has 0 aliphatic heterocycles. The van der Waals surface area contributed by atoms with Gasteiger partial charge in [0.25, 0.3) is 0 Å². The zero-order valence-corrected chi connectivity index (χ0v) is 12.6. The maximum absolute atomic E-state index is 12.6. The fraction of sp³-hybridized carbons (Fsp3) is 0.0476. The second-order valence-electron chi connectivity index (χ2n) is 5.59. The number of rotatable bonds is 3. The predicted molar refractivity (Wildman–Crippen MR) is 93.7 cm³/mol. The first-order chi connectivity index (χ1) is 11.3. The van der Waals surface area contributed by atoms with Crippen molar-refractivity contribution in [2.24, 2.45) is 0 Å². The highest BCUT2D eigenvalue weighted by molar-refractivity contribution is 6.08. The van der Waals surface area contributed by atoms with Crippen LogP contribution in [-0.4, -0.2) is 10.8 Å². The first-order valence-electron chi connectivity index (χ1n) is 7.67. The van der Waals surface area contributed by atoms with Crippen LogP contribution in [0.25, 0.3) is 21.7 Å². The minimum absolute atomic E-state index is 0.0959. The summed E-state index contributed by atoms with van der Waals surface area (Å²) >= 11 is 0. The van der Waals surface area contributed by atoms with E-state index in [1.807, 2.05) is 66.7 Å². The Kier molecular flexibility index (Phi) is 3.35. The van der Waals surface area contributed by atoms with Crippen molar-refractivity contribution in [2.45, 2.75) is 6.42 Å². The largest absolute Gasteiger partial charge is 0.294 e. The molecule has 4 rings (SSSR count). The summed E-state index contributed by atoms with van der Waals surface area (Å²) in [4.78, 5) is 17.3. The fourth-order valence-corrected chi connectivity index (χ4v) is 2.99. The van der Waals surface area contributed by atoms with Crippen molar-refractivity contribution in [3.05, 3.63) is 90.1 Å². The first-order valence-corrected chi connectivity index (χ1v) is 7.67. The van der Waals surface area contributed by atoms with Crippen molar-refractivity contribution >= 4 is 27.5 Å². The van der Waals surface area contributed by atoms with Crippen LogP contribution in [0, 0.1) is 0 Å². The molecule has 0 fully saturated rings. The minimum Gasteiger partial charge on any atom is -0.294 e. The highest BCUT2D eigenvalue weighted by Gasteiger charge is 2.12. The first kappa shape index (κ1) is 13.6. The van der Waals surface area contributed by atoms with Gasteiger partial charge in [0.15, 0.2) is 5.78 Å². The zero-order valence-electron chi connectivity index (χ0n) is 12.6. The molecule has 0 N–H and O–H groups in total. The van der Waals surface area contributed by atoms with Crippen LogP contribution in [0.1, 0.15) is 16.1 Å². The summed E-state index contributed by atoms with van der Waals surface area (Å²) in [5.41, 5.74) is 2.50. The summed E-state index contributed by atoms with van der Waals surface area (Å²) < 4.78 is 0. The Bertz CT molecular complexity index is 1010. The molecule has 110 valence electrons. The second-order valence-corrected chi connectivity index (χ2v) is 5.59. The molecule has 0 atom stereocenters. The summed E-state index contributed by atoms with van der Waals surface area (Å²) in [6, 6.07) is 25.6. The second kappa shape index (κ2) is 5.65. The van der Waals surface area contributed by atoms with Gasteiger partial charge in [0.1, 0.15) is 0 Å². The van der Waals surface area contributed by atoms with Crippen LogP contribution in [-0.2, 0) is 6.42 Å². The molecule has 3 aromatic carbocycles. The molecular weight excluding hydrogens is 282 g/mol. The van der Waals surface area contributed by atoms with Gasteiger partial charge in [-0.05, 0) is 11.5 Å². The van der Waals surface area contributed by atoms with E-state index < -0.39 is 0 Å². The molecule has 0 aliphatic rings. The predicted octanol–water partition coefficient (Wildman–Crippen LogP) is 4.81. The SMILES string of the molecule is O=C(Cc1nc2ccccc2c2ccccc12)c1ccccc1. The maximum atomic E-state index is 12.6. The van der Waals surface area contributed by atoms with Crippen LogP contribution < -0.4 is 0 Å². The van der Waals surface area contributed by atoms with Gasteiger partial charge in [0.2, 0.25) is 0 Å². The summed E-state index contributed by atoms with van der Waals surface area (Å²) in [5, 5.41) is 3.32. The van der Waals surface area contributed by atoms with Crippen molar-refractivity contribution in [1.82, 2.24) is 4.98 Å². The number of Topliss-reactive ketones (excluding diaryl/α,β-unsaturated/α-hetero) is 1. The Morgan fingerprint density at radius 3 is 2.09 bits per heavy atom. The van der Waals surface area contributed by atoms with Gasteiger partial charge in [-0.25, -0.2) is 0 Å². The Hall–Kier alpha value is -3.00. The lowest BCUT2D eigenvalue weighted by molar-refractivity contribution is 0.0992. The Balaban J connectivity index is 1.87. The van der Waals surface area contributed by atoms with Gasteiger partial charge in [-0.1, -0.05) is 72.8 Å². The summed E-state index contributed by atoms with van der Waals surface area (Å²) in [5.74, 6) is 0.0959. The van der Waals surface area contributed by atoms with Crippen LogP contribution in [0.15, 0.2) is 78.9 Å². The van der Waals surface area contributed by atoms with Gasteiger partial charge in [-0.15, -0.1) is 0 Å². The van der Waals surface area contributed by atoms with E-state index in [0.29, 0.717) is 6.42 Å². The van der Waals surface area contributed by atoms with Crippen molar-refractivity contribution < 1.29 is 4.79 Å². The number of aromatic nitrogens is 1. The Labute approximate surface area is 134 Å². The molecule has 0 saturated heterocycles. The van der Waals surface area contributed by atoms with E-state index in [-0.39, 0.29) is 5.78 Å². The maximum Gasteiger partial charge on any atom is 0.168 e. The molecule has 0 unspecified atom stereocenters. The number of ketones is 1. The Morgan fingerprint density at radius 2 is 1.30 bits per heavy atom. The smallest absolute Gasteiger partial charge is 0.168 e. The molecule has 0 radical (unpaired) electrons. The number of pyridine rings is 1. The number of carbonyl (C=O) groups excluding carboxylic acids is 1. The van der Waals surface area contributed by atoms with Crippen LogP contribution >= 0.6 is 0 Å². The fourth-order valence-electron chi connectivity index (χ4n) is 2.99. The van der Waals surface area contributed by atoms with E-state index in [9.17, 15) is 4.79 Å². The number of hydrogen-bond donors (Lipinski definition) is 0. The number of carbonyl (C=O) groups is 1. The lowest BCUT2D eigenvalue weighted by atomic mass is 9.99. The molecule has 0 bridgehead atoms. The van der Waals surface area contributed by atoms with Crippen molar-refractivity contribution in [2.75, 3.05) is 0 Å². The third-order valence-corrected chi connectivity index (χ3v) is 4.11. The van der Waals surface area contributed by atoms with Gasteiger partial charge < -0.3 is 0 Å². The summed E-state index contributed by atoms with van der Waals surface area (Å²) in [6.45, 7) is 0. The zero-order chi connectivity index (χ0) is 15.6. The van der Waals surface area contributed by atoms with E-state index in [1.54, 1.807) is 0 Å². The third kappa shape index (κ3) is 2.49. The van der Waals surface area contributed by atoms with E-state index in [0.717, 1.165) is 32.9 Å². The van der Waals surface area contributed by atoms with Gasteiger partial charge >= 0.3 is 0 Å². The summed E-state index contributed by atoms with van der Waals surface area (Å²) in [6.07, 6.45) is 0.315. The van der Waals surface area contributed by atoms with Gasteiger partial charge in [-0.2, -0.15) is 0 Å². The van der Waals surface area contributed by atoms with Gasteiger partial charge in [0.05, 0.1) is 17.6 Å². The minimum atomic E-state index is 0.0959. The monoisotopic (exact) mass is 297 g/mol. The van der Waals surface area contributed by atoms with E-state index in [4.69, 9.17) is 4.98 Å². The molecule has 0 spiro atoms. The van der Waals surface area contributed by atoms with Crippen molar-refractivity contribution in [3.8, 4) is 0 Å². The average molecular weight is 297 g/mol. The van der Waals surface area contributed by atoms with Gasteiger partial charge in [-0.3, -0.25) is 9.78 Å². The van der Waals surface area contributed by atoms with Crippen LogP contribution in [0.2, 0.25) is 0 Å². The molecule has 2 heteroatoms. The quantitative estimate of drug-likeness (QED) is 0.401. The molecule has 0 amide bonds. The van der Waals surface area contributed by atoms with Crippen LogP contribution in [0.3, 0.4) is 0 Å². The van der Waals surface area contributed by atoms with Gasteiger partial charge in [0, 0.05) is 16.3 Å². The van der Waals surface area contributed by atoms with E-state index in [2.05, 4.69) is 12.1 Å². The number of nitrogens with zero attached hydrogens (tertiary/aromatic N) is 1. The highest BCUT2D eigenvalue weighted by atomic mass is 16.1. The number of fused-ring (bicyclic) bond motifs is 3. The normalized spacial score (nSPS) is 11.0. The topological polar surface area (TPSA) is 30.0 Å². The molecule has 0 aliphatic carbocycles.